The molecule has 4 aromatic rings. The molecule has 0 aliphatic rings. The molecule has 1 heterocycles. The average molecular weight is 398 g/mol. The van der Waals surface area contributed by atoms with Crippen LogP contribution in [-0.2, 0) is 0 Å². The summed E-state index contributed by atoms with van der Waals surface area (Å²) in [5.41, 5.74) is 7.27. The van der Waals surface area contributed by atoms with E-state index in [1.807, 2.05) is 12.1 Å². The highest BCUT2D eigenvalue weighted by molar-refractivity contribution is 6.30. The molecule has 0 aliphatic carbocycles. The number of nitrogens with two attached hydrogens (primary N) is 1. The summed E-state index contributed by atoms with van der Waals surface area (Å²) in [6.07, 6.45) is -0.881. The van der Waals surface area contributed by atoms with Gasteiger partial charge in [0, 0.05) is 17.7 Å². The van der Waals surface area contributed by atoms with Gasteiger partial charge in [0.25, 0.3) is 0 Å². The highest BCUT2D eigenvalue weighted by atomic mass is 35.5. The third kappa shape index (κ3) is 3.74. The van der Waals surface area contributed by atoms with E-state index in [1.165, 1.54) is 18.2 Å². The molecule has 0 bridgehead atoms. The Morgan fingerprint density at radius 2 is 1.71 bits per heavy atom. The second-order valence-electron chi connectivity index (χ2n) is 5.89. The number of halogens is 2. The molecular formula is C20H13ClFN3O3. The van der Waals surface area contributed by atoms with E-state index in [2.05, 4.69) is 9.97 Å². The predicted molar refractivity (Wildman–Crippen MR) is 103 cm³/mol. The van der Waals surface area contributed by atoms with Crippen molar-refractivity contribution in [1.82, 2.24) is 9.97 Å². The summed E-state index contributed by atoms with van der Waals surface area (Å²) in [7, 11) is 0. The first-order valence-corrected chi connectivity index (χ1v) is 8.56. The third-order valence-electron chi connectivity index (χ3n) is 3.93. The Morgan fingerprint density at radius 3 is 2.43 bits per heavy atom. The minimum Gasteiger partial charge on any atom is -0.457 e. The van der Waals surface area contributed by atoms with Gasteiger partial charge in [0.05, 0.1) is 16.1 Å². The Hall–Kier alpha value is -3.58. The van der Waals surface area contributed by atoms with Crippen LogP contribution in [0.1, 0.15) is 0 Å². The number of rotatable bonds is 4. The number of amides is 1. The van der Waals surface area contributed by atoms with Crippen LogP contribution in [0.2, 0.25) is 5.02 Å². The van der Waals surface area contributed by atoms with Gasteiger partial charge in [-0.25, -0.2) is 14.2 Å². The third-order valence-corrected chi connectivity index (χ3v) is 4.22. The topological polar surface area (TPSA) is 90.2 Å². The summed E-state index contributed by atoms with van der Waals surface area (Å²) in [5.74, 6) is 1.46. The van der Waals surface area contributed by atoms with Crippen LogP contribution < -0.4 is 15.2 Å². The van der Waals surface area contributed by atoms with Crippen molar-refractivity contribution in [1.29, 1.82) is 0 Å². The van der Waals surface area contributed by atoms with Gasteiger partial charge in [0.1, 0.15) is 28.9 Å². The number of benzene rings is 3. The minimum absolute atomic E-state index is 0.00363. The zero-order valence-corrected chi connectivity index (χ0v) is 15.0. The number of nitrogens with zero attached hydrogens (tertiary/aromatic N) is 1. The molecule has 0 atom stereocenters. The van der Waals surface area contributed by atoms with Crippen LogP contribution in [0.25, 0.3) is 22.4 Å². The van der Waals surface area contributed by atoms with Gasteiger partial charge in [0.2, 0.25) is 0 Å². The number of H-pyrrole nitrogens is 1. The van der Waals surface area contributed by atoms with Crippen molar-refractivity contribution in [2.45, 2.75) is 0 Å². The predicted octanol–water partition coefficient (Wildman–Crippen LogP) is 5.27. The van der Waals surface area contributed by atoms with Gasteiger partial charge < -0.3 is 20.2 Å². The van der Waals surface area contributed by atoms with Crippen molar-refractivity contribution < 1.29 is 18.7 Å². The molecule has 6 nitrogen and oxygen atoms in total. The van der Waals surface area contributed by atoms with Crippen molar-refractivity contribution in [3.8, 4) is 28.6 Å². The normalized spacial score (nSPS) is 10.8. The molecule has 0 radical (unpaired) electrons. The van der Waals surface area contributed by atoms with Crippen LogP contribution in [-0.4, -0.2) is 16.1 Å². The van der Waals surface area contributed by atoms with Gasteiger partial charge in [-0.3, -0.25) is 0 Å². The fraction of sp³-hybridized carbons (Fsp3) is 0. The zero-order chi connectivity index (χ0) is 19.7. The number of hydrogen-bond donors (Lipinski definition) is 2. The van der Waals surface area contributed by atoms with E-state index < -0.39 is 11.9 Å². The molecular weight excluding hydrogens is 385 g/mol. The van der Waals surface area contributed by atoms with E-state index >= 15 is 0 Å². The maximum atomic E-state index is 13.2. The lowest BCUT2D eigenvalue weighted by Gasteiger charge is -2.07. The van der Waals surface area contributed by atoms with Gasteiger partial charge in [-0.1, -0.05) is 11.6 Å². The number of carbonyl (C=O) groups excluding carboxylic acids is 1. The lowest BCUT2D eigenvalue weighted by molar-refractivity contribution is 0.211. The molecule has 4 rings (SSSR count). The molecule has 140 valence electrons. The molecule has 0 saturated heterocycles. The zero-order valence-electron chi connectivity index (χ0n) is 14.3. The lowest BCUT2D eigenvalue weighted by Crippen LogP contribution is -2.16. The van der Waals surface area contributed by atoms with Crippen LogP contribution >= 0.6 is 11.6 Å². The van der Waals surface area contributed by atoms with E-state index in [1.54, 1.807) is 30.3 Å². The molecule has 0 saturated carbocycles. The number of aromatic nitrogens is 2. The van der Waals surface area contributed by atoms with E-state index in [9.17, 15) is 9.18 Å². The second kappa shape index (κ2) is 7.21. The maximum absolute atomic E-state index is 13.2. The smallest absolute Gasteiger partial charge is 0.409 e. The Balaban J connectivity index is 1.56. The number of carbonyl (C=O) groups is 1. The van der Waals surface area contributed by atoms with Gasteiger partial charge in [-0.05, 0) is 48.5 Å². The lowest BCUT2D eigenvalue weighted by atomic mass is 10.2. The fourth-order valence-corrected chi connectivity index (χ4v) is 2.83. The number of hydrogen-bond acceptors (Lipinski definition) is 4. The Morgan fingerprint density at radius 1 is 1.00 bits per heavy atom. The molecule has 1 aromatic heterocycles. The van der Waals surface area contributed by atoms with E-state index in [0.29, 0.717) is 28.6 Å². The first kappa shape index (κ1) is 17.8. The van der Waals surface area contributed by atoms with E-state index in [0.717, 1.165) is 11.1 Å². The highest BCUT2D eigenvalue weighted by Crippen LogP contribution is 2.29. The molecule has 0 fully saturated rings. The molecule has 0 spiro atoms. The Bertz CT molecular complexity index is 1180. The molecule has 3 aromatic carbocycles. The van der Waals surface area contributed by atoms with Gasteiger partial charge in [0.15, 0.2) is 0 Å². The van der Waals surface area contributed by atoms with Crippen molar-refractivity contribution in [2.75, 3.05) is 0 Å². The largest absolute Gasteiger partial charge is 0.457 e. The quantitative estimate of drug-likeness (QED) is 0.490. The van der Waals surface area contributed by atoms with Gasteiger partial charge in [-0.2, -0.15) is 0 Å². The van der Waals surface area contributed by atoms with Crippen LogP contribution in [0.15, 0.2) is 60.7 Å². The van der Waals surface area contributed by atoms with Crippen LogP contribution in [0, 0.1) is 5.82 Å². The van der Waals surface area contributed by atoms with Crippen molar-refractivity contribution in [3.05, 3.63) is 71.5 Å². The fourth-order valence-electron chi connectivity index (χ4n) is 2.66. The Labute approximate surface area is 163 Å². The number of nitrogens with one attached hydrogen (secondary N) is 1. The summed E-state index contributed by atoms with van der Waals surface area (Å²) < 4.78 is 23.8. The van der Waals surface area contributed by atoms with Crippen LogP contribution in [0.5, 0.6) is 17.2 Å². The second-order valence-corrected chi connectivity index (χ2v) is 6.30. The number of ether oxygens (including phenoxy) is 2. The average Bonchev–Trinajstić information content (AvgIpc) is 3.08. The summed E-state index contributed by atoms with van der Waals surface area (Å²) in [5, 5.41) is -0.00363. The maximum Gasteiger partial charge on any atom is 0.409 e. The number of imidazole rings is 1. The monoisotopic (exact) mass is 397 g/mol. The molecule has 28 heavy (non-hydrogen) atoms. The van der Waals surface area contributed by atoms with Gasteiger partial charge >= 0.3 is 6.09 Å². The standard InChI is InChI=1S/C20H13ClFN3O3/c21-15-9-13(5-7-16(15)22)27-12-3-1-11(2-4-12)19-24-17-8-6-14(28-20(23)26)10-18(17)25-19/h1-10H,(H2,23,26)(H,24,25). The first-order valence-electron chi connectivity index (χ1n) is 8.18. The van der Waals surface area contributed by atoms with Crippen LogP contribution in [0.4, 0.5) is 9.18 Å². The first-order chi connectivity index (χ1) is 13.5. The summed E-state index contributed by atoms with van der Waals surface area (Å²) >= 11 is 5.76. The van der Waals surface area contributed by atoms with Crippen molar-refractivity contribution in [3.63, 3.8) is 0 Å². The molecule has 3 N–H and O–H groups in total. The summed E-state index contributed by atoms with van der Waals surface area (Å²) in [6, 6.07) is 16.4. The summed E-state index contributed by atoms with van der Waals surface area (Å²) in [4.78, 5) is 18.6. The molecule has 0 unspecified atom stereocenters. The summed E-state index contributed by atoms with van der Waals surface area (Å²) in [6.45, 7) is 0. The number of fused-ring (bicyclic) bond motifs is 1. The SMILES string of the molecule is NC(=O)Oc1ccc2[nH]c(-c3ccc(Oc4ccc(F)c(Cl)c4)cc3)nc2c1. The molecule has 0 aliphatic heterocycles. The molecule has 8 heteroatoms. The minimum atomic E-state index is -0.881. The number of aromatic amines is 1. The van der Waals surface area contributed by atoms with Crippen molar-refractivity contribution in [2.24, 2.45) is 5.73 Å². The Kier molecular flexibility index (Phi) is 4.58. The number of primary amides is 1. The van der Waals surface area contributed by atoms with Crippen LogP contribution in [0.3, 0.4) is 0 Å². The van der Waals surface area contributed by atoms with Crippen molar-refractivity contribution >= 4 is 28.7 Å². The van der Waals surface area contributed by atoms with E-state index in [-0.39, 0.29) is 5.02 Å². The van der Waals surface area contributed by atoms with Gasteiger partial charge in [-0.15, -0.1) is 0 Å². The highest BCUT2D eigenvalue weighted by Gasteiger charge is 2.09. The molecule has 1 amide bonds. The van der Waals surface area contributed by atoms with E-state index in [4.69, 9.17) is 26.8 Å².